The van der Waals surface area contributed by atoms with Crippen LogP contribution in [-0.4, -0.2) is 54.7 Å². The summed E-state index contributed by atoms with van der Waals surface area (Å²) in [7, 11) is 3.31. The number of nitrogens with zero attached hydrogens (tertiary/aromatic N) is 6. The molecule has 9 heteroatoms. The van der Waals surface area contributed by atoms with Gasteiger partial charge in [0.05, 0.1) is 7.11 Å². The van der Waals surface area contributed by atoms with Crippen molar-refractivity contribution in [1.82, 2.24) is 28.0 Å². The molecule has 9 nitrogen and oxygen atoms in total. The minimum Gasteiger partial charge on any atom is -0.497 e. The number of aromatic nitrogens is 5. The first-order chi connectivity index (χ1) is 15.5. The summed E-state index contributed by atoms with van der Waals surface area (Å²) < 4.78 is 11.9. The smallest absolute Gasteiger partial charge is 0.332 e. The van der Waals surface area contributed by atoms with E-state index in [1.165, 1.54) is 28.4 Å². The van der Waals surface area contributed by atoms with Crippen LogP contribution in [0.15, 0.2) is 40.1 Å². The molecule has 0 unspecified atom stereocenters. The number of ether oxygens (including phenoxy) is 1. The molecule has 1 saturated heterocycles. The van der Waals surface area contributed by atoms with Crippen LogP contribution in [0.5, 0.6) is 5.75 Å². The van der Waals surface area contributed by atoms with Gasteiger partial charge in [0, 0.05) is 37.7 Å². The Morgan fingerprint density at radius 3 is 2.44 bits per heavy atom. The van der Waals surface area contributed by atoms with E-state index in [9.17, 15) is 9.59 Å². The minimum atomic E-state index is -0.326. The van der Waals surface area contributed by atoms with Crippen molar-refractivity contribution < 1.29 is 4.74 Å². The van der Waals surface area contributed by atoms with Crippen LogP contribution in [0.3, 0.4) is 0 Å². The molecule has 0 saturated carbocycles. The molecular formula is C23H28N6O3. The Morgan fingerprint density at radius 2 is 1.75 bits per heavy atom. The van der Waals surface area contributed by atoms with E-state index in [-0.39, 0.29) is 11.2 Å². The number of benzene rings is 1. The molecule has 32 heavy (non-hydrogen) atoms. The van der Waals surface area contributed by atoms with Crippen LogP contribution in [0.25, 0.3) is 22.6 Å². The van der Waals surface area contributed by atoms with Gasteiger partial charge in [0.15, 0.2) is 11.2 Å². The summed E-state index contributed by atoms with van der Waals surface area (Å²) in [6.07, 6.45) is 5.50. The van der Waals surface area contributed by atoms with Crippen LogP contribution >= 0.6 is 0 Å². The molecule has 0 spiro atoms. The molecule has 0 bridgehead atoms. The molecule has 1 aliphatic rings. The Bertz CT molecular complexity index is 1400. The molecule has 0 aliphatic carbocycles. The van der Waals surface area contributed by atoms with Crippen molar-refractivity contribution in [1.29, 1.82) is 0 Å². The van der Waals surface area contributed by atoms with Crippen molar-refractivity contribution in [3.63, 3.8) is 0 Å². The number of likely N-dealkylation sites (tertiary alicyclic amines) is 1. The number of rotatable bonds is 5. The summed E-state index contributed by atoms with van der Waals surface area (Å²) in [6, 6.07) is 7.66. The van der Waals surface area contributed by atoms with E-state index in [1.807, 2.05) is 42.0 Å². The first-order valence-electron chi connectivity index (χ1n) is 11.1. The molecule has 0 radical (unpaired) electrons. The van der Waals surface area contributed by atoms with E-state index in [4.69, 9.17) is 9.72 Å². The van der Waals surface area contributed by atoms with E-state index >= 15 is 0 Å². The van der Waals surface area contributed by atoms with Crippen molar-refractivity contribution in [3.05, 3.63) is 57.0 Å². The average molecular weight is 437 g/mol. The van der Waals surface area contributed by atoms with Gasteiger partial charge < -0.3 is 9.64 Å². The van der Waals surface area contributed by atoms with Crippen molar-refractivity contribution in [3.8, 4) is 11.4 Å². The third kappa shape index (κ3) is 3.24. The van der Waals surface area contributed by atoms with E-state index in [0.717, 1.165) is 30.2 Å². The normalized spacial score (nSPS) is 15.1. The van der Waals surface area contributed by atoms with Crippen LogP contribution in [0.2, 0.25) is 0 Å². The minimum absolute atomic E-state index is 0.292. The molecule has 0 N–H and O–H groups in total. The molecule has 4 aromatic rings. The van der Waals surface area contributed by atoms with Gasteiger partial charge in [0.1, 0.15) is 5.75 Å². The van der Waals surface area contributed by atoms with Gasteiger partial charge in [-0.05, 0) is 57.1 Å². The molecule has 1 aromatic carbocycles. The second-order valence-corrected chi connectivity index (χ2v) is 8.46. The van der Waals surface area contributed by atoms with Gasteiger partial charge in [-0.25, -0.2) is 4.79 Å². The third-order valence-electron chi connectivity index (χ3n) is 6.45. The van der Waals surface area contributed by atoms with Gasteiger partial charge in [-0.2, -0.15) is 4.98 Å². The summed E-state index contributed by atoms with van der Waals surface area (Å²) in [4.78, 5) is 33.5. The summed E-state index contributed by atoms with van der Waals surface area (Å²) >= 11 is 0. The Labute approximate surface area is 185 Å². The summed E-state index contributed by atoms with van der Waals surface area (Å²) in [6.45, 7) is 5.11. The van der Waals surface area contributed by atoms with Crippen LogP contribution < -0.4 is 16.0 Å². The van der Waals surface area contributed by atoms with Crippen LogP contribution in [0, 0.1) is 6.92 Å². The lowest BCUT2D eigenvalue weighted by atomic mass is 10.1. The first kappa shape index (κ1) is 20.6. The highest BCUT2D eigenvalue weighted by atomic mass is 16.5. The lowest BCUT2D eigenvalue weighted by molar-refractivity contribution is 0.218. The standard InChI is InChI=1S/C23H28N6O3/c1-16-15-28-19-20(24-22(28)29(16)17-7-9-18(32-3)10-8-17)25(2)23(31)27(21(19)30)14-13-26-11-5-4-6-12-26/h7-10,15H,4-6,11-14H2,1-3H3. The highest BCUT2D eigenvalue weighted by Crippen LogP contribution is 2.22. The lowest BCUT2D eigenvalue weighted by Crippen LogP contribution is -2.43. The van der Waals surface area contributed by atoms with Crippen molar-refractivity contribution in [2.75, 3.05) is 26.7 Å². The Hall–Kier alpha value is -3.33. The van der Waals surface area contributed by atoms with Gasteiger partial charge in [-0.15, -0.1) is 0 Å². The zero-order valence-electron chi connectivity index (χ0n) is 18.7. The number of hydrogen-bond donors (Lipinski definition) is 0. The third-order valence-corrected chi connectivity index (χ3v) is 6.45. The molecular weight excluding hydrogens is 408 g/mol. The molecule has 5 rings (SSSR count). The zero-order chi connectivity index (χ0) is 22.4. The predicted molar refractivity (Wildman–Crippen MR) is 123 cm³/mol. The SMILES string of the molecule is COc1ccc(-n2c(C)cn3c4c(=O)n(CCN5CCCCC5)c(=O)n(C)c4nc23)cc1. The van der Waals surface area contributed by atoms with Gasteiger partial charge in [-0.3, -0.25) is 22.9 Å². The van der Waals surface area contributed by atoms with Crippen LogP contribution in [0.1, 0.15) is 25.0 Å². The lowest BCUT2D eigenvalue weighted by Gasteiger charge is -2.26. The molecule has 3 aromatic heterocycles. The van der Waals surface area contributed by atoms with Gasteiger partial charge in [-0.1, -0.05) is 6.42 Å². The van der Waals surface area contributed by atoms with E-state index in [1.54, 1.807) is 18.6 Å². The number of piperidine rings is 1. The van der Waals surface area contributed by atoms with Crippen molar-refractivity contribution in [2.45, 2.75) is 32.7 Å². The van der Waals surface area contributed by atoms with Crippen molar-refractivity contribution >= 4 is 16.9 Å². The fourth-order valence-electron chi connectivity index (χ4n) is 4.68. The van der Waals surface area contributed by atoms with Crippen LogP contribution in [0.4, 0.5) is 0 Å². The summed E-state index contributed by atoms with van der Waals surface area (Å²) in [5, 5.41) is 0. The maximum absolute atomic E-state index is 13.4. The monoisotopic (exact) mass is 436 g/mol. The van der Waals surface area contributed by atoms with Crippen LogP contribution in [-0.2, 0) is 13.6 Å². The van der Waals surface area contributed by atoms with Gasteiger partial charge >= 0.3 is 5.69 Å². The highest BCUT2D eigenvalue weighted by molar-refractivity contribution is 5.76. The average Bonchev–Trinajstić information content (AvgIpc) is 3.33. The van der Waals surface area contributed by atoms with Gasteiger partial charge in [0.2, 0.25) is 5.78 Å². The van der Waals surface area contributed by atoms with Crippen molar-refractivity contribution in [2.24, 2.45) is 7.05 Å². The summed E-state index contributed by atoms with van der Waals surface area (Å²) in [5.41, 5.74) is 2.05. The number of methoxy groups -OCH3 is 1. The fourth-order valence-corrected chi connectivity index (χ4v) is 4.68. The van der Waals surface area contributed by atoms with E-state index in [0.29, 0.717) is 30.0 Å². The summed E-state index contributed by atoms with van der Waals surface area (Å²) in [5.74, 6) is 1.37. The highest BCUT2D eigenvalue weighted by Gasteiger charge is 2.21. The molecule has 0 atom stereocenters. The topological polar surface area (TPSA) is 78.7 Å². The predicted octanol–water partition coefficient (Wildman–Crippen LogP) is 1.94. The van der Waals surface area contributed by atoms with E-state index < -0.39 is 0 Å². The fraction of sp³-hybridized carbons (Fsp3) is 0.435. The second-order valence-electron chi connectivity index (χ2n) is 8.46. The Kier molecular flexibility index (Phi) is 5.13. The largest absolute Gasteiger partial charge is 0.497 e. The molecule has 1 fully saturated rings. The number of imidazole rings is 2. The van der Waals surface area contributed by atoms with E-state index in [2.05, 4.69) is 4.90 Å². The molecule has 1 aliphatic heterocycles. The maximum Gasteiger partial charge on any atom is 0.332 e. The number of hydrogen-bond acceptors (Lipinski definition) is 5. The molecule has 4 heterocycles. The molecule has 0 amide bonds. The maximum atomic E-state index is 13.4. The second kappa shape index (κ2) is 7.98. The number of fused-ring (bicyclic) bond motifs is 3. The Morgan fingerprint density at radius 1 is 1.03 bits per heavy atom. The van der Waals surface area contributed by atoms with Gasteiger partial charge in [0.25, 0.3) is 5.56 Å². The quantitative estimate of drug-likeness (QED) is 0.478. The first-order valence-corrected chi connectivity index (χ1v) is 11.1. The zero-order valence-corrected chi connectivity index (χ0v) is 18.7. The Balaban J connectivity index is 1.64. The number of aryl methyl sites for hydroxylation is 2. The molecule has 168 valence electrons.